The SMILES string of the molecule is CCOC(=O)/C(=C\N(C)C)c1nccc(Br)c1F. The van der Waals surface area contributed by atoms with Crippen LogP contribution in [0.5, 0.6) is 0 Å². The average Bonchev–Trinajstić information content (AvgIpc) is 2.30. The minimum absolute atomic E-state index is 0.0310. The van der Waals surface area contributed by atoms with Crippen LogP contribution in [0.3, 0.4) is 0 Å². The number of carbonyl (C=O) groups is 1. The fourth-order valence-corrected chi connectivity index (χ4v) is 1.59. The van der Waals surface area contributed by atoms with Crippen molar-refractivity contribution in [3.05, 3.63) is 34.4 Å². The molecule has 0 bridgehead atoms. The van der Waals surface area contributed by atoms with Crippen molar-refractivity contribution < 1.29 is 13.9 Å². The van der Waals surface area contributed by atoms with Gasteiger partial charge in [0.15, 0.2) is 5.82 Å². The maximum Gasteiger partial charge on any atom is 0.341 e. The summed E-state index contributed by atoms with van der Waals surface area (Å²) in [4.78, 5) is 17.3. The van der Waals surface area contributed by atoms with Gasteiger partial charge in [-0.15, -0.1) is 0 Å². The maximum absolute atomic E-state index is 13.9. The summed E-state index contributed by atoms with van der Waals surface area (Å²) >= 11 is 3.06. The smallest absolute Gasteiger partial charge is 0.341 e. The third kappa shape index (κ3) is 3.53. The van der Waals surface area contributed by atoms with E-state index in [1.54, 1.807) is 25.9 Å². The summed E-state index contributed by atoms with van der Waals surface area (Å²) in [5.41, 5.74) is 0.0529. The molecule has 0 N–H and O–H groups in total. The highest BCUT2D eigenvalue weighted by molar-refractivity contribution is 9.10. The number of hydrogen-bond donors (Lipinski definition) is 0. The number of nitrogens with zero attached hydrogens (tertiary/aromatic N) is 2. The van der Waals surface area contributed by atoms with Crippen LogP contribution in [0.4, 0.5) is 4.39 Å². The molecule has 6 heteroatoms. The van der Waals surface area contributed by atoms with E-state index in [-0.39, 0.29) is 22.3 Å². The van der Waals surface area contributed by atoms with Crippen molar-refractivity contribution in [2.75, 3.05) is 20.7 Å². The first-order valence-electron chi connectivity index (χ1n) is 5.33. The van der Waals surface area contributed by atoms with Crippen LogP contribution in [-0.2, 0) is 9.53 Å². The van der Waals surface area contributed by atoms with Crippen LogP contribution in [0, 0.1) is 5.82 Å². The number of halogens is 2. The van der Waals surface area contributed by atoms with Crippen LogP contribution in [0.1, 0.15) is 12.6 Å². The largest absolute Gasteiger partial charge is 0.462 e. The zero-order chi connectivity index (χ0) is 13.7. The Kier molecular flexibility index (Phi) is 5.27. The van der Waals surface area contributed by atoms with E-state index in [1.807, 2.05) is 0 Å². The molecule has 1 rings (SSSR count). The zero-order valence-corrected chi connectivity index (χ0v) is 12.0. The van der Waals surface area contributed by atoms with E-state index in [2.05, 4.69) is 20.9 Å². The molecule has 0 aliphatic heterocycles. The highest BCUT2D eigenvalue weighted by Gasteiger charge is 2.20. The molecule has 0 atom stereocenters. The average molecular weight is 317 g/mol. The van der Waals surface area contributed by atoms with E-state index in [0.717, 1.165) is 0 Å². The molecule has 0 aliphatic carbocycles. The summed E-state index contributed by atoms with van der Waals surface area (Å²) < 4.78 is 19.1. The van der Waals surface area contributed by atoms with Crippen LogP contribution in [0.15, 0.2) is 22.9 Å². The Morgan fingerprint density at radius 3 is 2.83 bits per heavy atom. The number of esters is 1. The van der Waals surface area contributed by atoms with Crippen molar-refractivity contribution in [3.63, 3.8) is 0 Å². The van der Waals surface area contributed by atoms with E-state index in [9.17, 15) is 9.18 Å². The number of rotatable bonds is 4. The summed E-state index contributed by atoms with van der Waals surface area (Å²) in [6.45, 7) is 1.91. The van der Waals surface area contributed by atoms with Crippen LogP contribution in [-0.4, -0.2) is 36.6 Å². The van der Waals surface area contributed by atoms with Gasteiger partial charge in [-0.3, -0.25) is 4.98 Å². The van der Waals surface area contributed by atoms with Crippen molar-refractivity contribution in [2.45, 2.75) is 6.92 Å². The number of hydrogen-bond acceptors (Lipinski definition) is 4. The minimum atomic E-state index is -0.601. The monoisotopic (exact) mass is 316 g/mol. The van der Waals surface area contributed by atoms with E-state index in [0.29, 0.717) is 0 Å². The molecule has 0 saturated carbocycles. The van der Waals surface area contributed by atoms with Gasteiger partial charge in [-0.25, -0.2) is 9.18 Å². The molecule has 98 valence electrons. The second-order valence-electron chi connectivity index (χ2n) is 3.68. The van der Waals surface area contributed by atoms with Gasteiger partial charge in [-0.1, -0.05) is 0 Å². The number of pyridine rings is 1. The van der Waals surface area contributed by atoms with Crippen LogP contribution >= 0.6 is 15.9 Å². The van der Waals surface area contributed by atoms with Crippen LogP contribution in [0.2, 0.25) is 0 Å². The second kappa shape index (κ2) is 6.49. The van der Waals surface area contributed by atoms with Crippen molar-refractivity contribution in [1.82, 2.24) is 9.88 Å². The number of ether oxygens (including phenoxy) is 1. The Labute approximate surface area is 114 Å². The molecule has 0 fully saturated rings. The Bertz CT molecular complexity index is 475. The molecule has 0 radical (unpaired) electrons. The summed E-state index contributed by atoms with van der Waals surface area (Å²) in [6.07, 6.45) is 2.90. The van der Waals surface area contributed by atoms with Gasteiger partial charge in [0.2, 0.25) is 0 Å². The van der Waals surface area contributed by atoms with Gasteiger partial charge < -0.3 is 9.64 Å². The molecule has 0 spiro atoms. The lowest BCUT2D eigenvalue weighted by Gasteiger charge is -2.11. The molecule has 0 saturated heterocycles. The lowest BCUT2D eigenvalue weighted by Crippen LogP contribution is -2.13. The summed E-state index contributed by atoms with van der Waals surface area (Å²) in [6, 6.07) is 1.47. The normalized spacial score (nSPS) is 11.3. The first kappa shape index (κ1) is 14.6. The highest BCUT2D eigenvalue weighted by Crippen LogP contribution is 2.23. The Morgan fingerprint density at radius 2 is 2.28 bits per heavy atom. The summed E-state index contributed by atoms with van der Waals surface area (Å²) in [5.74, 6) is -1.19. The third-order valence-corrected chi connectivity index (χ3v) is 2.59. The zero-order valence-electron chi connectivity index (χ0n) is 10.4. The predicted octanol–water partition coefficient (Wildman–Crippen LogP) is 2.45. The van der Waals surface area contributed by atoms with Gasteiger partial charge in [-0.05, 0) is 28.9 Å². The van der Waals surface area contributed by atoms with Crippen LogP contribution in [0.25, 0.3) is 5.57 Å². The number of carbonyl (C=O) groups excluding carboxylic acids is 1. The molecule has 18 heavy (non-hydrogen) atoms. The molecule has 1 aromatic heterocycles. The molecular formula is C12H14BrFN2O2. The van der Waals surface area contributed by atoms with Crippen molar-refractivity contribution >= 4 is 27.5 Å². The summed E-state index contributed by atoms with van der Waals surface area (Å²) in [5, 5.41) is 0. The molecule has 1 heterocycles. The molecule has 4 nitrogen and oxygen atoms in total. The van der Waals surface area contributed by atoms with Gasteiger partial charge in [0.05, 0.1) is 11.1 Å². The molecule has 0 unspecified atom stereocenters. The van der Waals surface area contributed by atoms with E-state index >= 15 is 0 Å². The van der Waals surface area contributed by atoms with Gasteiger partial charge in [0.25, 0.3) is 0 Å². The molecular weight excluding hydrogens is 303 g/mol. The fraction of sp³-hybridized carbons (Fsp3) is 0.333. The Morgan fingerprint density at radius 1 is 1.61 bits per heavy atom. The summed E-state index contributed by atoms with van der Waals surface area (Å²) in [7, 11) is 3.46. The van der Waals surface area contributed by atoms with Gasteiger partial charge in [-0.2, -0.15) is 0 Å². The molecule has 0 aliphatic rings. The third-order valence-electron chi connectivity index (χ3n) is 1.98. The lowest BCUT2D eigenvalue weighted by molar-refractivity contribution is -0.136. The van der Waals surface area contributed by atoms with Gasteiger partial charge in [0.1, 0.15) is 11.3 Å². The Hall–Kier alpha value is -1.43. The highest BCUT2D eigenvalue weighted by atomic mass is 79.9. The molecule has 0 aromatic carbocycles. The van der Waals surface area contributed by atoms with Crippen molar-refractivity contribution in [2.24, 2.45) is 0 Å². The van der Waals surface area contributed by atoms with Crippen molar-refractivity contribution in [1.29, 1.82) is 0 Å². The fourth-order valence-electron chi connectivity index (χ4n) is 1.29. The van der Waals surface area contributed by atoms with Gasteiger partial charge in [0, 0.05) is 26.5 Å². The van der Waals surface area contributed by atoms with E-state index < -0.39 is 11.8 Å². The quantitative estimate of drug-likeness (QED) is 0.632. The standard InChI is InChI=1S/C12H14BrFN2O2/c1-4-18-12(17)8(7-16(2)3)11-10(14)9(13)5-6-15-11/h5-7H,4H2,1-3H3/b8-7-. The maximum atomic E-state index is 13.9. The Balaban J connectivity index is 3.27. The minimum Gasteiger partial charge on any atom is -0.462 e. The molecule has 0 amide bonds. The van der Waals surface area contributed by atoms with Gasteiger partial charge >= 0.3 is 5.97 Å². The first-order chi connectivity index (χ1) is 8.47. The predicted molar refractivity (Wildman–Crippen MR) is 70.2 cm³/mol. The lowest BCUT2D eigenvalue weighted by atomic mass is 10.1. The second-order valence-corrected chi connectivity index (χ2v) is 4.54. The first-order valence-corrected chi connectivity index (χ1v) is 6.12. The van der Waals surface area contributed by atoms with E-state index in [1.165, 1.54) is 18.5 Å². The van der Waals surface area contributed by atoms with Crippen molar-refractivity contribution in [3.8, 4) is 0 Å². The van der Waals surface area contributed by atoms with E-state index in [4.69, 9.17) is 4.74 Å². The molecule has 1 aromatic rings. The van der Waals surface area contributed by atoms with Crippen LogP contribution < -0.4 is 0 Å². The number of aromatic nitrogens is 1. The topological polar surface area (TPSA) is 42.4 Å².